The average molecular weight is 504 g/mol. The highest BCUT2D eigenvalue weighted by Crippen LogP contribution is 2.39. The zero-order valence-corrected chi connectivity index (χ0v) is 25.6. The van der Waals surface area contributed by atoms with E-state index in [9.17, 15) is 0 Å². The first-order valence-electron chi connectivity index (χ1n) is 13.6. The van der Waals surface area contributed by atoms with Crippen LogP contribution in [0.25, 0.3) is 22.3 Å². The highest BCUT2D eigenvalue weighted by molar-refractivity contribution is 5.83. The molecule has 0 radical (unpaired) electrons. The molecule has 198 valence electrons. The first kappa shape index (κ1) is 29.3. The number of hydrogen-bond donors (Lipinski definition) is 0. The fraction of sp³-hybridized carbons (Fsp3) is 0.432. The Morgan fingerprint density at radius 1 is 0.526 bits per heavy atom. The molecule has 2 aromatic carbocycles. The van der Waals surface area contributed by atoms with Gasteiger partial charge in [0.15, 0.2) is 0 Å². The second-order valence-electron chi connectivity index (χ2n) is 14.6. The molecule has 0 aliphatic heterocycles. The van der Waals surface area contributed by atoms with Crippen molar-refractivity contribution in [2.45, 2.75) is 105 Å². The van der Waals surface area contributed by atoms with Gasteiger partial charge in [0.2, 0.25) is 0 Å². The van der Waals surface area contributed by atoms with Gasteiger partial charge in [-0.15, -0.1) is 6.42 Å². The van der Waals surface area contributed by atoms with Gasteiger partial charge in [-0.25, -0.2) is 0 Å². The summed E-state index contributed by atoms with van der Waals surface area (Å²) < 4.78 is 0. The zero-order valence-electron chi connectivity index (χ0n) is 25.6. The van der Waals surface area contributed by atoms with Crippen molar-refractivity contribution in [2.24, 2.45) is 0 Å². The number of nitrogens with zero attached hydrogens (tertiary/aromatic N) is 1. The Balaban J connectivity index is 2.43. The van der Waals surface area contributed by atoms with E-state index in [1.54, 1.807) is 0 Å². The van der Waals surface area contributed by atoms with E-state index in [1.807, 2.05) is 12.4 Å². The third kappa shape index (κ3) is 6.58. The summed E-state index contributed by atoms with van der Waals surface area (Å²) in [5.41, 5.74) is 10.4. The highest BCUT2D eigenvalue weighted by Gasteiger charge is 2.24. The number of terminal acetylenes is 1. The van der Waals surface area contributed by atoms with Crippen LogP contribution in [0.15, 0.2) is 48.8 Å². The van der Waals surface area contributed by atoms with Crippen molar-refractivity contribution in [1.82, 2.24) is 4.98 Å². The molecule has 3 rings (SSSR count). The Hall–Kier alpha value is -3.29. The van der Waals surface area contributed by atoms with E-state index in [-0.39, 0.29) is 21.7 Å². The van der Waals surface area contributed by atoms with Crippen LogP contribution in [0.5, 0.6) is 0 Å². The third-order valence-corrected chi connectivity index (χ3v) is 7.16. The molecule has 1 heterocycles. The molecule has 0 bridgehead atoms. The fourth-order valence-corrected chi connectivity index (χ4v) is 4.43. The van der Waals surface area contributed by atoms with Crippen LogP contribution >= 0.6 is 0 Å². The van der Waals surface area contributed by atoms with Gasteiger partial charge in [0.1, 0.15) is 0 Å². The summed E-state index contributed by atoms with van der Waals surface area (Å²) in [7, 11) is 0. The molecule has 0 fully saturated rings. The van der Waals surface area contributed by atoms with Crippen LogP contribution in [0, 0.1) is 24.2 Å². The van der Waals surface area contributed by atoms with Crippen molar-refractivity contribution in [2.75, 3.05) is 0 Å². The monoisotopic (exact) mass is 503 g/mol. The van der Waals surface area contributed by atoms with Crippen molar-refractivity contribution in [3.05, 3.63) is 76.6 Å². The molecular weight excluding hydrogens is 458 g/mol. The summed E-state index contributed by atoms with van der Waals surface area (Å²) in [4.78, 5) is 4.75. The molecule has 1 aromatic heterocycles. The predicted octanol–water partition coefficient (Wildman–Crippen LogP) is 9.59. The van der Waals surface area contributed by atoms with Crippen molar-refractivity contribution >= 4 is 0 Å². The smallest absolute Gasteiger partial charge is 0.0443 e. The highest BCUT2D eigenvalue weighted by atomic mass is 14.6. The lowest BCUT2D eigenvalue weighted by Crippen LogP contribution is -2.17. The third-order valence-electron chi connectivity index (χ3n) is 7.16. The van der Waals surface area contributed by atoms with Crippen LogP contribution in [0.1, 0.15) is 111 Å². The van der Waals surface area contributed by atoms with Crippen LogP contribution in [-0.4, -0.2) is 4.98 Å². The minimum absolute atomic E-state index is 0.00829. The van der Waals surface area contributed by atoms with E-state index >= 15 is 0 Å². The lowest BCUT2D eigenvalue weighted by molar-refractivity contribution is 0.568. The van der Waals surface area contributed by atoms with Gasteiger partial charge in [-0.2, -0.15) is 0 Å². The molecule has 0 saturated carbocycles. The second kappa shape index (κ2) is 10.1. The minimum Gasteiger partial charge on any atom is -0.263 e. The normalized spacial score (nSPS) is 12.5. The SMILES string of the molecule is C#CC#Cc1c(-c2cc(C(C)(C)C)cc(C(C)(C)C)c2)cncc1-c1cc(C(C)(C)C)cc(C(C)(C)C)c1. The van der Waals surface area contributed by atoms with Crippen molar-refractivity contribution in [1.29, 1.82) is 0 Å². The van der Waals surface area contributed by atoms with E-state index in [0.29, 0.717) is 0 Å². The maximum Gasteiger partial charge on any atom is 0.0443 e. The Bertz CT molecular complexity index is 1280. The van der Waals surface area contributed by atoms with Crippen LogP contribution in [-0.2, 0) is 21.7 Å². The molecule has 38 heavy (non-hydrogen) atoms. The van der Waals surface area contributed by atoms with E-state index in [2.05, 4.69) is 137 Å². The Morgan fingerprint density at radius 2 is 0.842 bits per heavy atom. The molecule has 0 atom stereocenters. The van der Waals surface area contributed by atoms with Gasteiger partial charge in [-0.05, 0) is 66.9 Å². The quantitative estimate of drug-likeness (QED) is 0.317. The van der Waals surface area contributed by atoms with Crippen molar-refractivity contribution in [3.8, 4) is 46.4 Å². The molecule has 0 aliphatic rings. The van der Waals surface area contributed by atoms with Gasteiger partial charge in [-0.3, -0.25) is 4.98 Å². The summed E-state index contributed by atoms with van der Waals surface area (Å²) in [6.45, 7) is 27.1. The van der Waals surface area contributed by atoms with Gasteiger partial charge in [0.25, 0.3) is 0 Å². The second-order valence-corrected chi connectivity index (χ2v) is 14.6. The van der Waals surface area contributed by atoms with E-state index in [1.165, 1.54) is 22.3 Å². The first-order chi connectivity index (χ1) is 17.3. The van der Waals surface area contributed by atoms with Gasteiger partial charge in [0.05, 0.1) is 0 Å². The Kier molecular flexibility index (Phi) is 7.79. The number of aromatic nitrogens is 1. The van der Waals surface area contributed by atoms with Crippen LogP contribution in [0.3, 0.4) is 0 Å². The van der Waals surface area contributed by atoms with Gasteiger partial charge in [-0.1, -0.05) is 125 Å². The molecule has 0 N–H and O–H groups in total. The standard InChI is InChI=1S/C37H45N/c1-14-15-16-31-32(25-17-27(34(2,3)4)21-28(18-25)35(5,6)7)23-38-24-33(31)26-19-29(36(8,9)10)22-30(20-26)37(11,12)13/h1,17-24H,2-13H3. The number of benzene rings is 2. The topological polar surface area (TPSA) is 12.9 Å². The van der Waals surface area contributed by atoms with Crippen LogP contribution in [0.2, 0.25) is 0 Å². The summed E-state index contributed by atoms with van der Waals surface area (Å²) in [5, 5.41) is 0. The Labute approximate surface area is 232 Å². The summed E-state index contributed by atoms with van der Waals surface area (Å²) in [5.74, 6) is 8.78. The maximum atomic E-state index is 5.64. The zero-order chi connectivity index (χ0) is 28.7. The molecule has 1 nitrogen and oxygen atoms in total. The summed E-state index contributed by atoms with van der Waals surface area (Å²) >= 11 is 0. The van der Waals surface area contributed by atoms with Gasteiger partial charge < -0.3 is 0 Å². The molecule has 3 aromatic rings. The van der Waals surface area contributed by atoms with Crippen molar-refractivity contribution in [3.63, 3.8) is 0 Å². The van der Waals surface area contributed by atoms with Gasteiger partial charge in [0, 0.05) is 29.1 Å². The molecule has 0 saturated heterocycles. The number of pyridine rings is 1. The summed E-state index contributed by atoms with van der Waals surface area (Å²) in [6.07, 6.45) is 9.52. The molecular formula is C37H45N. The molecule has 0 unspecified atom stereocenters. The molecule has 0 amide bonds. The fourth-order valence-electron chi connectivity index (χ4n) is 4.43. The largest absolute Gasteiger partial charge is 0.263 e. The lowest BCUT2D eigenvalue weighted by atomic mass is 9.77. The average Bonchev–Trinajstić information content (AvgIpc) is 2.79. The van der Waals surface area contributed by atoms with E-state index in [0.717, 1.165) is 27.8 Å². The lowest BCUT2D eigenvalue weighted by Gasteiger charge is -2.27. The predicted molar refractivity (Wildman–Crippen MR) is 166 cm³/mol. The first-order valence-corrected chi connectivity index (χ1v) is 13.6. The number of rotatable bonds is 2. The number of hydrogen-bond acceptors (Lipinski definition) is 1. The molecule has 0 spiro atoms. The van der Waals surface area contributed by atoms with Crippen LogP contribution in [0.4, 0.5) is 0 Å². The van der Waals surface area contributed by atoms with E-state index in [4.69, 9.17) is 11.4 Å². The van der Waals surface area contributed by atoms with Gasteiger partial charge >= 0.3 is 0 Å². The molecule has 0 aliphatic carbocycles. The Morgan fingerprint density at radius 3 is 1.11 bits per heavy atom. The van der Waals surface area contributed by atoms with E-state index < -0.39 is 0 Å². The minimum atomic E-state index is 0.00829. The van der Waals surface area contributed by atoms with Crippen molar-refractivity contribution < 1.29 is 0 Å². The van der Waals surface area contributed by atoms with Crippen LogP contribution < -0.4 is 0 Å². The molecule has 1 heteroatoms. The maximum absolute atomic E-state index is 5.64. The summed E-state index contributed by atoms with van der Waals surface area (Å²) in [6, 6.07) is 13.9.